The summed E-state index contributed by atoms with van der Waals surface area (Å²) in [5.41, 5.74) is -8.03. The third-order valence-corrected chi connectivity index (χ3v) is 3.95. The number of rotatable bonds is 3. The first kappa shape index (κ1) is 24.5. The Bertz CT molecular complexity index is 692. The minimum absolute atomic E-state index is 0.0516. The first-order valence-electron chi connectivity index (χ1n) is 6.41. The van der Waals surface area contributed by atoms with Crippen molar-refractivity contribution in [2.45, 2.75) is 37.3 Å². The summed E-state index contributed by atoms with van der Waals surface area (Å²) in [6.07, 6.45) is -21.3. The number of hydrogen-bond donors (Lipinski definition) is 0. The maximum Gasteiger partial charge on any atom is 0.459 e. The van der Waals surface area contributed by atoms with Gasteiger partial charge in [-0.05, 0) is 0 Å². The molecule has 0 radical (unpaired) electrons. The highest BCUT2D eigenvalue weighted by Crippen LogP contribution is 2.50. The molecule has 1 saturated heterocycles. The summed E-state index contributed by atoms with van der Waals surface area (Å²) < 4.78 is 138. The van der Waals surface area contributed by atoms with E-state index in [2.05, 4.69) is 0 Å². The van der Waals surface area contributed by atoms with Crippen LogP contribution in [-0.2, 0) is 9.59 Å². The molecule has 0 atom stereocenters. The number of alkyl halides is 11. The van der Waals surface area contributed by atoms with Crippen LogP contribution >= 0.6 is 23.5 Å². The van der Waals surface area contributed by atoms with Crippen LogP contribution in [0, 0.1) is 0 Å². The molecule has 0 saturated carbocycles. The number of aliphatic imine (C=N–C) groups is 1. The van der Waals surface area contributed by atoms with Crippen molar-refractivity contribution < 1.29 is 57.9 Å². The number of carbonyl (C=O) groups is 2. The predicted molar refractivity (Wildman–Crippen MR) is 72.1 cm³/mol. The van der Waals surface area contributed by atoms with Crippen molar-refractivity contribution >= 4 is 39.9 Å². The van der Waals surface area contributed by atoms with Gasteiger partial charge < -0.3 is 0 Å². The molecule has 1 aliphatic rings. The van der Waals surface area contributed by atoms with Crippen LogP contribution < -0.4 is 0 Å². The zero-order chi connectivity index (χ0) is 22.3. The SMILES string of the molecule is O=C1CCC(=O)N1SC(Cl)=NC(=C(C(F)(F)F)C(F)(F)F)C(F)(F)C(F)(F)F. The second kappa shape index (κ2) is 7.68. The summed E-state index contributed by atoms with van der Waals surface area (Å²) in [6.45, 7) is 0. The molecule has 4 nitrogen and oxygen atoms in total. The van der Waals surface area contributed by atoms with Crippen molar-refractivity contribution in [3.05, 3.63) is 11.3 Å². The van der Waals surface area contributed by atoms with Crippen molar-refractivity contribution in [2.24, 2.45) is 4.99 Å². The lowest BCUT2D eigenvalue weighted by Crippen LogP contribution is -2.42. The minimum Gasteiger partial charge on any atom is -0.273 e. The highest BCUT2D eigenvalue weighted by atomic mass is 35.5. The van der Waals surface area contributed by atoms with Gasteiger partial charge in [-0.3, -0.25) is 9.59 Å². The summed E-state index contributed by atoms with van der Waals surface area (Å²) in [7, 11) is 0. The number of allylic oxidation sites excluding steroid dienone is 2. The first-order chi connectivity index (χ1) is 12.3. The van der Waals surface area contributed by atoms with Gasteiger partial charge in [0.2, 0.25) is 11.8 Å². The van der Waals surface area contributed by atoms with Crippen LogP contribution in [0.3, 0.4) is 0 Å². The lowest BCUT2D eigenvalue weighted by atomic mass is 10.1. The van der Waals surface area contributed by atoms with Crippen LogP contribution in [0.2, 0.25) is 0 Å². The topological polar surface area (TPSA) is 49.7 Å². The maximum atomic E-state index is 13.4. The fourth-order valence-corrected chi connectivity index (χ4v) is 2.65. The van der Waals surface area contributed by atoms with Gasteiger partial charge in [0.05, 0.1) is 0 Å². The summed E-state index contributed by atoms with van der Waals surface area (Å²) in [4.78, 5) is 24.5. The van der Waals surface area contributed by atoms with E-state index in [4.69, 9.17) is 11.6 Å². The highest BCUT2D eigenvalue weighted by Gasteiger charge is 2.66. The molecule has 160 valence electrons. The monoisotopic (exact) mass is 472 g/mol. The summed E-state index contributed by atoms with van der Waals surface area (Å²) in [5.74, 6) is -8.86. The van der Waals surface area contributed by atoms with Gasteiger partial charge in [0.1, 0.15) is 5.70 Å². The fourth-order valence-electron chi connectivity index (χ4n) is 1.69. The molecule has 0 spiro atoms. The summed E-state index contributed by atoms with van der Waals surface area (Å²) in [5, 5.41) is 0. The Kier molecular flexibility index (Phi) is 6.71. The van der Waals surface area contributed by atoms with Crippen LogP contribution in [-0.4, -0.2) is 45.1 Å². The third kappa shape index (κ3) is 5.27. The normalized spacial score (nSPS) is 17.4. The number of amides is 2. The van der Waals surface area contributed by atoms with Crippen LogP contribution in [0.25, 0.3) is 0 Å². The minimum atomic E-state index is -6.91. The van der Waals surface area contributed by atoms with E-state index in [1.807, 2.05) is 4.99 Å². The largest absolute Gasteiger partial charge is 0.459 e. The second-order valence-electron chi connectivity index (χ2n) is 4.83. The highest BCUT2D eigenvalue weighted by molar-refractivity contribution is 8.15. The molecule has 0 aromatic heterocycles. The molecule has 0 aliphatic carbocycles. The van der Waals surface area contributed by atoms with Gasteiger partial charge >= 0.3 is 24.5 Å². The molecule has 0 unspecified atom stereocenters. The molecule has 2 amide bonds. The molecule has 1 fully saturated rings. The Morgan fingerprint density at radius 2 is 1.25 bits per heavy atom. The van der Waals surface area contributed by atoms with Gasteiger partial charge in [-0.1, -0.05) is 11.6 Å². The van der Waals surface area contributed by atoms with E-state index in [9.17, 15) is 57.9 Å². The van der Waals surface area contributed by atoms with Crippen LogP contribution in [0.4, 0.5) is 48.3 Å². The van der Waals surface area contributed by atoms with E-state index in [1.54, 1.807) is 0 Å². The molecule has 0 bridgehead atoms. The predicted octanol–water partition coefficient (Wildman–Crippen LogP) is 4.95. The molecular formula is C11H4ClF11N2O2S. The van der Waals surface area contributed by atoms with Gasteiger partial charge in [-0.15, -0.1) is 0 Å². The Morgan fingerprint density at radius 1 is 0.857 bits per heavy atom. The number of halogens is 12. The number of carbonyl (C=O) groups excluding carboxylic acids is 2. The lowest BCUT2D eigenvalue weighted by molar-refractivity contribution is -0.268. The molecule has 1 aliphatic heterocycles. The van der Waals surface area contributed by atoms with E-state index in [-0.39, 0.29) is 4.31 Å². The van der Waals surface area contributed by atoms with Gasteiger partial charge in [0.25, 0.3) is 0 Å². The van der Waals surface area contributed by atoms with Crippen LogP contribution in [0.1, 0.15) is 12.8 Å². The number of nitrogens with zero attached hydrogens (tertiary/aromatic N) is 2. The van der Waals surface area contributed by atoms with Crippen LogP contribution in [0.5, 0.6) is 0 Å². The quantitative estimate of drug-likeness (QED) is 0.192. The van der Waals surface area contributed by atoms with Gasteiger partial charge in [0.15, 0.2) is 10.1 Å². The van der Waals surface area contributed by atoms with E-state index in [0.717, 1.165) is 0 Å². The second-order valence-corrected chi connectivity index (χ2v) is 6.35. The molecule has 28 heavy (non-hydrogen) atoms. The Labute approximate surface area is 156 Å². The van der Waals surface area contributed by atoms with Crippen molar-refractivity contribution in [3.63, 3.8) is 0 Å². The van der Waals surface area contributed by atoms with E-state index in [0.29, 0.717) is 0 Å². The molecule has 0 N–H and O–H groups in total. The summed E-state index contributed by atoms with van der Waals surface area (Å²) >= 11 is 4.58. The molecule has 17 heteroatoms. The van der Waals surface area contributed by atoms with Crippen LogP contribution in [0.15, 0.2) is 16.3 Å². The average Bonchev–Trinajstić information content (AvgIpc) is 2.74. The Balaban J connectivity index is 3.66. The van der Waals surface area contributed by atoms with Crippen molar-refractivity contribution in [2.75, 3.05) is 0 Å². The van der Waals surface area contributed by atoms with E-state index in [1.165, 1.54) is 0 Å². The number of hydrogen-bond acceptors (Lipinski definition) is 4. The number of imide groups is 1. The first-order valence-corrected chi connectivity index (χ1v) is 7.57. The smallest absolute Gasteiger partial charge is 0.273 e. The molecule has 1 rings (SSSR count). The van der Waals surface area contributed by atoms with Crippen molar-refractivity contribution in [1.29, 1.82) is 0 Å². The Hall–Kier alpha value is -1.58. The van der Waals surface area contributed by atoms with Gasteiger partial charge in [0, 0.05) is 24.8 Å². The van der Waals surface area contributed by atoms with E-state index < -0.39 is 76.8 Å². The van der Waals surface area contributed by atoms with Crippen molar-refractivity contribution in [1.82, 2.24) is 4.31 Å². The van der Waals surface area contributed by atoms with Gasteiger partial charge in [-0.25, -0.2) is 9.30 Å². The Morgan fingerprint density at radius 3 is 1.57 bits per heavy atom. The standard InChI is InChI=1S/C11H4ClF11N2O2S/c12-7(28-25-3(26)1-2-4(25)27)24-6(8(13,14)11(21,22)23)5(9(15,16)17)10(18,19)20/h1-2H2. The fraction of sp³-hybridized carbons (Fsp3) is 0.545. The van der Waals surface area contributed by atoms with Gasteiger partial charge in [-0.2, -0.15) is 48.3 Å². The average molecular weight is 473 g/mol. The zero-order valence-electron chi connectivity index (χ0n) is 12.6. The molecule has 1 heterocycles. The molecular weight excluding hydrogens is 469 g/mol. The molecule has 0 aromatic carbocycles. The lowest BCUT2D eigenvalue weighted by Gasteiger charge is -2.25. The summed E-state index contributed by atoms with van der Waals surface area (Å²) in [6, 6.07) is 0. The van der Waals surface area contributed by atoms with E-state index >= 15 is 0 Å². The van der Waals surface area contributed by atoms with Crippen molar-refractivity contribution in [3.8, 4) is 0 Å². The maximum absolute atomic E-state index is 13.4. The zero-order valence-corrected chi connectivity index (χ0v) is 14.1. The third-order valence-electron chi connectivity index (χ3n) is 2.83. The molecule has 0 aromatic rings.